The molecule has 0 aliphatic carbocycles. The Morgan fingerprint density at radius 1 is 1.10 bits per heavy atom. The molecule has 0 radical (unpaired) electrons. The molecule has 1 N–H and O–H groups in total. The predicted octanol–water partition coefficient (Wildman–Crippen LogP) is 3.98. The molecule has 0 heterocycles. The summed E-state index contributed by atoms with van der Waals surface area (Å²) in [6, 6.07) is 8.81. The molecule has 2 rings (SSSR count). The number of hydrogen-bond donors (Lipinski definition) is 1. The number of aromatic hydroxyl groups is 1. The molecule has 0 spiro atoms. The summed E-state index contributed by atoms with van der Waals surface area (Å²) in [5.74, 6) is -0.997. The summed E-state index contributed by atoms with van der Waals surface area (Å²) in [4.78, 5) is 0. The Bertz CT molecular complexity index is 584. The van der Waals surface area contributed by atoms with E-state index < -0.39 is 28.7 Å². The summed E-state index contributed by atoms with van der Waals surface area (Å²) in [6.45, 7) is 1.78. The van der Waals surface area contributed by atoms with Gasteiger partial charge in [-0.05, 0) is 24.6 Å². The molecule has 0 fully saturated rings. The van der Waals surface area contributed by atoms with Crippen molar-refractivity contribution in [1.82, 2.24) is 0 Å². The van der Waals surface area contributed by atoms with E-state index in [0.717, 1.165) is 11.6 Å². The third-order valence-corrected chi connectivity index (χ3v) is 3.79. The Morgan fingerprint density at radius 2 is 1.75 bits per heavy atom. The summed E-state index contributed by atoms with van der Waals surface area (Å²) in [5.41, 5.74) is 0.748. The Hall–Kier alpha value is -0.176. The molecule has 7 heteroatoms. The first-order valence-corrected chi connectivity index (χ1v) is 10.8. The van der Waals surface area contributed by atoms with Gasteiger partial charge in [-0.15, -0.1) is 0 Å². The molecule has 0 saturated carbocycles. The maximum atomic E-state index is 13.5. The Balaban J connectivity index is 0.000000612. The number of halogens is 4. The average Bonchev–Trinajstić information content (AvgIpc) is 2.39. The number of para-hydroxylation sites is 1. The molecular weight excluding hydrogens is 360 g/mol. The number of hydrogen-bond acceptors (Lipinski definition) is 1. The van der Waals surface area contributed by atoms with Crippen LogP contribution in [0, 0.1) is 18.6 Å². The van der Waals surface area contributed by atoms with Gasteiger partial charge in [0.2, 0.25) is 0 Å². The van der Waals surface area contributed by atoms with Gasteiger partial charge in [0, 0.05) is 16.7 Å². The van der Waals surface area contributed by atoms with E-state index in [2.05, 4.69) is 0 Å². The van der Waals surface area contributed by atoms with Crippen molar-refractivity contribution in [2.45, 2.75) is 6.92 Å². The predicted molar refractivity (Wildman–Crippen MR) is 78.5 cm³/mol. The van der Waals surface area contributed by atoms with Crippen LogP contribution in [0.5, 0.6) is 5.75 Å². The van der Waals surface area contributed by atoms with Gasteiger partial charge in [0.15, 0.2) is 0 Å². The molecule has 1 atom stereocenters. The van der Waals surface area contributed by atoms with Gasteiger partial charge in [-0.2, -0.15) is 0 Å². The number of rotatable bonds is 2. The first-order chi connectivity index (χ1) is 9.49. The molecule has 0 saturated heterocycles. The van der Waals surface area contributed by atoms with Crippen LogP contribution in [0.3, 0.4) is 0 Å². The van der Waals surface area contributed by atoms with Gasteiger partial charge >= 0.3 is 35.6 Å². The molecule has 20 heavy (non-hydrogen) atoms. The summed E-state index contributed by atoms with van der Waals surface area (Å²) in [6.07, 6.45) is 0. The van der Waals surface area contributed by atoms with Crippen molar-refractivity contribution < 1.29 is 30.9 Å². The van der Waals surface area contributed by atoms with E-state index in [9.17, 15) is 13.9 Å². The Kier molecular flexibility index (Phi) is 8.01. The second kappa shape index (κ2) is 8.97. The van der Waals surface area contributed by atoms with Gasteiger partial charge in [-0.25, -0.2) is 8.78 Å². The zero-order valence-corrected chi connectivity index (χ0v) is 14.5. The minimum atomic E-state index is -0.593. The normalized spacial score (nSPS) is 10.2. The van der Waals surface area contributed by atoms with E-state index in [1.165, 1.54) is 12.1 Å². The van der Waals surface area contributed by atoms with Gasteiger partial charge in [0.05, 0.1) is 0 Å². The molecule has 106 valence electrons. The first-order valence-electron chi connectivity index (χ1n) is 5.46. The van der Waals surface area contributed by atoms with Gasteiger partial charge in [0.1, 0.15) is 17.4 Å². The Labute approximate surface area is 134 Å². The molecule has 1 nitrogen and oxygen atoms in total. The monoisotopic (exact) mass is 370 g/mol. The fourth-order valence-corrected chi connectivity index (χ4v) is 2.64. The van der Waals surface area contributed by atoms with Crippen LogP contribution in [-0.4, -0.2) is 5.11 Å². The van der Waals surface area contributed by atoms with E-state index in [4.69, 9.17) is 18.6 Å². The number of phenolic OH excluding ortho intramolecular Hbond substituents is 1. The summed E-state index contributed by atoms with van der Waals surface area (Å²) >= 11 is -0.556. The molecule has 0 amide bonds. The van der Waals surface area contributed by atoms with Gasteiger partial charge in [-0.1, -0.05) is 26.8 Å². The summed E-state index contributed by atoms with van der Waals surface area (Å²) in [7, 11) is 9.75. The summed E-state index contributed by atoms with van der Waals surface area (Å²) in [5, 5.41) is 10.9. The van der Waals surface area contributed by atoms with Crippen LogP contribution in [0.15, 0.2) is 36.4 Å². The van der Waals surface area contributed by atoms with Crippen molar-refractivity contribution >= 4 is 37.8 Å². The van der Waals surface area contributed by atoms with Gasteiger partial charge < -0.3 is 5.11 Å². The van der Waals surface area contributed by atoms with Crippen molar-refractivity contribution in [2.75, 3.05) is 0 Å². The van der Waals surface area contributed by atoms with Crippen LogP contribution in [0.4, 0.5) is 8.78 Å². The van der Waals surface area contributed by atoms with Crippen LogP contribution in [0.25, 0.3) is 0 Å². The van der Waals surface area contributed by atoms with E-state index in [0.29, 0.717) is 10.6 Å². The molecule has 2 aromatic carbocycles. The van der Waals surface area contributed by atoms with E-state index >= 15 is 0 Å². The maximum absolute atomic E-state index is 13.5. The first kappa shape index (κ1) is 17.9. The molecule has 0 aliphatic rings. The fourth-order valence-electron chi connectivity index (χ4n) is 1.50. The second-order valence-electron chi connectivity index (χ2n) is 3.79. The van der Waals surface area contributed by atoms with Crippen LogP contribution in [-0.2, 0) is 17.0 Å². The third kappa shape index (κ3) is 5.31. The zero-order valence-electron chi connectivity index (χ0n) is 10.4. The van der Waals surface area contributed by atoms with Crippen LogP contribution < -0.4 is 10.6 Å². The molecule has 0 bridgehead atoms. The van der Waals surface area contributed by atoms with Crippen molar-refractivity contribution in [3.05, 3.63) is 53.6 Å². The van der Waals surface area contributed by atoms with Gasteiger partial charge in [-0.3, -0.25) is 0 Å². The second-order valence-corrected chi connectivity index (χ2v) is 7.70. The number of phenols is 1. The van der Waals surface area contributed by atoms with Gasteiger partial charge in [0.25, 0.3) is 0 Å². The number of benzene rings is 2. The van der Waals surface area contributed by atoms with Crippen LogP contribution >= 0.6 is 27.2 Å². The third-order valence-electron chi connectivity index (χ3n) is 2.44. The SMILES string of the molecule is Cc1cccc(Pc2ccc(F)cc2F)c1O.[Cl][Ti][Cl]. The molecule has 0 aliphatic heterocycles. The minimum absolute atomic E-state index is 0.0245. The van der Waals surface area contributed by atoms with Crippen molar-refractivity contribution in [2.24, 2.45) is 0 Å². The molecule has 2 aromatic rings. The van der Waals surface area contributed by atoms with E-state index in [1.807, 2.05) is 0 Å². The zero-order chi connectivity index (χ0) is 15.1. The van der Waals surface area contributed by atoms with Crippen LogP contribution in [0.1, 0.15) is 5.56 Å². The van der Waals surface area contributed by atoms with Crippen molar-refractivity contribution in [3.63, 3.8) is 0 Å². The summed E-state index contributed by atoms with van der Waals surface area (Å²) < 4.78 is 26.2. The molecular formula is C13H11Cl2F2OPTi. The van der Waals surface area contributed by atoms with E-state index in [1.54, 1.807) is 25.1 Å². The Morgan fingerprint density at radius 3 is 2.35 bits per heavy atom. The van der Waals surface area contributed by atoms with Crippen molar-refractivity contribution in [1.29, 1.82) is 0 Å². The topological polar surface area (TPSA) is 20.2 Å². The number of aryl methyl sites for hydroxylation is 1. The quantitative estimate of drug-likeness (QED) is 0.626. The van der Waals surface area contributed by atoms with E-state index in [-0.39, 0.29) is 14.3 Å². The van der Waals surface area contributed by atoms with Crippen LogP contribution in [0.2, 0.25) is 0 Å². The van der Waals surface area contributed by atoms with Crippen molar-refractivity contribution in [3.8, 4) is 5.75 Å². The fraction of sp³-hybridized carbons (Fsp3) is 0.0769. The standard InChI is InChI=1S/C13H11F2OP.2ClH.Ti/c1-8-3-2-4-12(13(8)16)17-11-6-5-9(14)7-10(11)15;;;/h2-7,16-17H,1H3;2*1H;/q;;;+2/p-2. The average molecular weight is 371 g/mol. The molecule has 1 unspecified atom stereocenters. The molecule has 0 aromatic heterocycles.